The number of amides is 1. The van der Waals surface area contributed by atoms with Gasteiger partial charge in [-0.1, -0.05) is 18.2 Å². The molecule has 1 amide bonds. The molecule has 7 heteroatoms. The highest BCUT2D eigenvalue weighted by molar-refractivity contribution is 7.09. The predicted octanol–water partition coefficient (Wildman–Crippen LogP) is 3.24. The second-order valence-corrected chi connectivity index (χ2v) is 6.62. The molecule has 3 aromatic rings. The SMILES string of the molecule is NC(=NCc1ccc(NC(=O)c2ccco2)cc1)NCCc1cccs1. The minimum Gasteiger partial charge on any atom is -0.459 e. The van der Waals surface area contributed by atoms with E-state index in [2.05, 4.69) is 27.1 Å². The number of carbonyl (C=O) groups excluding carboxylic acids is 1. The number of aliphatic imine (C=N–C) groups is 1. The zero-order chi connectivity index (χ0) is 18.2. The summed E-state index contributed by atoms with van der Waals surface area (Å²) in [5.41, 5.74) is 7.59. The first-order valence-electron chi connectivity index (χ1n) is 8.20. The molecule has 0 radical (unpaired) electrons. The summed E-state index contributed by atoms with van der Waals surface area (Å²) in [6.45, 7) is 1.23. The highest BCUT2D eigenvalue weighted by atomic mass is 32.1. The number of benzene rings is 1. The molecule has 0 atom stereocenters. The van der Waals surface area contributed by atoms with Crippen molar-refractivity contribution in [3.8, 4) is 0 Å². The molecule has 0 aliphatic carbocycles. The molecule has 6 nitrogen and oxygen atoms in total. The van der Waals surface area contributed by atoms with Crippen molar-refractivity contribution >= 4 is 28.9 Å². The van der Waals surface area contributed by atoms with Crippen LogP contribution < -0.4 is 16.4 Å². The van der Waals surface area contributed by atoms with Gasteiger partial charge in [-0.25, -0.2) is 4.99 Å². The Morgan fingerprint density at radius 1 is 1.15 bits per heavy atom. The van der Waals surface area contributed by atoms with Crippen LogP contribution >= 0.6 is 11.3 Å². The number of nitrogens with one attached hydrogen (secondary N) is 2. The van der Waals surface area contributed by atoms with Gasteiger partial charge in [0.25, 0.3) is 5.91 Å². The van der Waals surface area contributed by atoms with Crippen LogP contribution in [0.4, 0.5) is 5.69 Å². The topological polar surface area (TPSA) is 92.6 Å². The first-order chi connectivity index (χ1) is 12.7. The van der Waals surface area contributed by atoms with Gasteiger partial charge in [-0.15, -0.1) is 11.3 Å². The number of guanidine groups is 1. The van der Waals surface area contributed by atoms with Gasteiger partial charge in [-0.3, -0.25) is 4.79 Å². The summed E-state index contributed by atoms with van der Waals surface area (Å²) in [7, 11) is 0. The lowest BCUT2D eigenvalue weighted by molar-refractivity contribution is 0.0996. The van der Waals surface area contributed by atoms with Gasteiger partial charge in [-0.05, 0) is 47.7 Å². The Labute approximate surface area is 155 Å². The van der Waals surface area contributed by atoms with E-state index < -0.39 is 0 Å². The molecule has 0 saturated heterocycles. The van der Waals surface area contributed by atoms with E-state index in [1.54, 1.807) is 23.5 Å². The largest absolute Gasteiger partial charge is 0.459 e. The maximum absolute atomic E-state index is 11.9. The van der Waals surface area contributed by atoms with Gasteiger partial charge in [0.2, 0.25) is 0 Å². The lowest BCUT2D eigenvalue weighted by atomic mass is 10.2. The predicted molar refractivity (Wildman–Crippen MR) is 104 cm³/mol. The maximum Gasteiger partial charge on any atom is 0.291 e. The summed E-state index contributed by atoms with van der Waals surface area (Å²) in [6, 6.07) is 14.9. The van der Waals surface area contributed by atoms with Crippen molar-refractivity contribution in [2.45, 2.75) is 13.0 Å². The van der Waals surface area contributed by atoms with E-state index >= 15 is 0 Å². The second-order valence-electron chi connectivity index (χ2n) is 5.59. The zero-order valence-corrected chi connectivity index (χ0v) is 15.0. The highest BCUT2D eigenvalue weighted by Crippen LogP contribution is 2.12. The minimum absolute atomic E-state index is 0.278. The molecule has 0 unspecified atom stereocenters. The quantitative estimate of drug-likeness (QED) is 0.441. The molecule has 26 heavy (non-hydrogen) atoms. The highest BCUT2D eigenvalue weighted by Gasteiger charge is 2.08. The molecule has 0 spiro atoms. The minimum atomic E-state index is -0.278. The third-order valence-corrected chi connectivity index (χ3v) is 4.58. The smallest absolute Gasteiger partial charge is 0.291 e. The van der Waals surface area contributed by atoms with Gasteiger partial charge in [0.05, 0.1) is 12.8 Å². The van der Waals surface area contributed by atoms with Gasteiger partial charge in [-0.2, -0.15) is 0 Å². The van der Waals surface area contributed by atoms with Crippen molar-refractivity contribution < 1.29 is 9.21 Å². The van der Waals surface area contributed by atoms with Crippen molar-refractivity contribution in [1.82, 2.24) is 5.32 Å². The van der Waals surface area contributed by atoms with Gasteiger partial charge in [0.1, 0.15) is 0 Å². The standard InChI is InChI=1S/C19H20N4O2S/c20-19(21-10-9-16-3-2-12-26-16)22-13-14-5-7-15(8-6-14)23-18(24)17-4-1-11-25-17/h1-8,11-12H,9-10,13H2,(H,23,24)(H3,20,21,22). The molecule has 0 aliphatic heterocycles. The molecular formula is C19H20N4O2S. The summed E-state index contributed by atoms with van der Waals surface area (Å²) in [4.78, 5) is 17.6. The van der Waals surface area contributed by atoms with Gasteiger partial charge in [0, 0.05) is 17.1 Å². The molecule has 4 N–H and O–H groups in total. The Morgan fingerprint density at radius 3 is 2.69 bits per heavy atom. The molecule has 3 rings (SSSR count). The number of hydrogen-bond acceptors (Lipinski definition) is 4. The summed E-state index contributed by atoms with van der Waals surface area (Å²) in [5.74, 6) is 0.428. The Morgan fingerprint density at radius 2 is 2.00 bits per heavy atom. The van der Waals surface area contributed by atoms with Crippen LogP contribution in [0.25, 0.3) is 0 Å². The van der Waals surface area contributed by atoms with Crippen molar-refractivity contribution in [2.75, 3.05) is 11.9 Å². The molecule has 0 saturated carbocycles. The average Bonchev–Trinajstić information content (AvgIpc) is 3.35. The fraction of sp³-hybridized carbons (Fsp3) is 0.158. The van der Waals surface area contributed by atoms with E-state index in [-0.39, 0.29) is 11.7 Å². The van der Waals surface area contributed by atoms with Crippen LogP contribution in [0.2, 0.25) is 0 Å². The fourth-order valence-corrected chi connectivity index (χ4v) is 3.00. The third-order valence-electron chi connectivity index (χ3n) is 3.65. The number of thiophene rings is 1. The lowest BCUT2D eigenvalue weighted by Gasteiger charge is -2.06. The first-order valence-corrected chi connectivity index (χ1v) is 9.08. The number of nitrogens with two attached hydrogens (primary N) is 1. The number of furan rings is 1. The zero-order valence-electron chi connectivity index (χ0n) is 14.1. The van der Waals surface area contributed by atoms with Crippen LogP contribution in [0.5, 0.6) is 0 Å². The van der Waals surface area contributed by atoms with E-state index in [1.165, 1.54) is 11.1 Å². The van der Waals surface area contributed by atoms with Crippen molar-refractivity contribution in [2.24, 2.45) is 10.7 Å². The summed E-state index contributed by atoms with van der Waals surface area (Å²) in [5, 5.41) is 7.95. The van der Waals surface area contributed by atoms with Gasteiger partial charge in [0.15, 0.2) is 11.7 Å². The molecule has 134 valence electrons. The van der Waals surface area contributed by atoms with Crippen LogP contribution in [0.1, 0.15) is 21.0 Å². The van der Waals surface area contributed by atoms with Crippen LogP contribution in [0, 0.1) is 0 Å². The Hall–Kier alpha value is -3.06. The van der Waals surface area contributed by atoms with Crippen LogP contribution in [0.3, 0.4) is 0 Å². The molecule has 0 aliphatic rings. The Balaban J connectivity index is 1.45. The third kappa shape index (κ3) is 5.22. The van der Waals surface area contributed by atoms with Crippen LogP contribution in [-0.2, 0) is 13.0 Å². The summed E-state index contributed by atoms with van der Waals surface area (Å²) in [6.07, 6.45) is 2.40. The molecule has 0 fully saturated rings. The molecule has 1 aromatic carbocycles. The molecule has 2 heterocycles. The van der Waals surface area contributed by atoms with Crippen LogP contribution in [0.15, 0.2) is 69.6 Å². The molecule has 0 bridgehead atoms. The Kier molecular flexibility index (Phi) is 6.05. The van der Waals surface area contributed by atoms with E-state index in [0.717, 1.165) is 18.5 Å². The van der Waals surface area contributed by atoms with Crippen molar-refractivity contribution in [1.29, 1.82) is 0 Å². The van der Waals surface area contributed by atoms with E-state index in [4.69, 9.17) is 10.2 Å². The molecule has 2 aromatic heterocycles. The van der Waals surface area contributed by atoms with E-state index in [9.17, 15) is 4.79 Å². The number of carbonyl (C=O) groups is 1. The lowest BCUT2D eigenvalue weighted by Crippen LogP contribution is -2.33. The number of nitrogens with zero attached hydrogens (tertiary/aromatic N) is 1. The number of rotatable bonds is 7. The van der Waals surface area contributed by atoms with Crippen molar-refractivity contribution in [3.05, 3.63) is 76.4 Å². The monoisotopic (exact) mass is 368 g/mol. The van der Waals surface area contributed by atoms with Crippen LogP contribution in [-0.4, -0.2) is 18.4 Å². The average molecular weight is 368 g/mol. The van der Waals surface area contributed by atoms with Gasteiger partial charge >= 0.3 is 0 Å². The Bertz CT molecular complexity index is 840. The second kappa shape index (κ2) is 8.87. The van der Waals surface area contributed by atoms with E-state index in [0.29, 0.717) is 18.2 Å². The maximum atomic E-state index is 11.9. The summed E-state index contributed by atoms with van der Waals surface area (Å²) < 4.78 is 5.06. The normalized spacial score (nSPS) is 11.3. The first kappa shape index (κ1) is 17.8. The fourth-order valence-electron chi connectivity index (χ4n) is 2.29. The summed E-state index contributed by atoms with van der Waals surface area (Å²) >= 11 is 1.73. The van der Waals surface area contributed by atoms with E-state index in [1.807, 2.05) is 30.3 Å². The number of anilines is 1. The number of hydrogen-bond donors (Lipinski definition) is 3. The van der Waals surface area contributed by atoms with Gasteiger partial charge < -0.3 is 20.8 Å². The molecular weight excluding hydrogens is 348 g/mol. The van der Waals surface area contributed by atoms with Crippen molar-refractivity contribution in [3.63, 3.8) is 0 Å².